The van der Waals surface area contributed by atoms with E-state index in [2.05, 4.69) is 126 Å². The fourth-order valence-electron chi connectivity index (χ4n) is 7.63. The Bertz CT molecular complexity index is 1180. The molecule has 2 fully saturated rings. The predicted octanol–water partition coefficient (Wildman–Crippen LogP) is 12.5. The SMILES string of the molecule is CCCC[C@H](C)C[C@@H](/C=C/[C@@H]1[C@@H]([C@@H](F)C#C[C@H]2CC[C@@H](C(=O)OC)C2)[C@@H](O[Si](CC)(CC)CC)C[C@H]1O[Si](C)(C)C(C)(C)C)O[Si](C)(C)C(C)(C)C. The number of carbonyl (C=O) groups is 1. The van der Waals surface area contributed by atoms with Crippen molar-refractivity contribution in [2.75, 3.05) is 7.11 Å². The second kappa shape index (κ2) is 19.9. The van der Waals surface area contributed by atoms with E-state index >= 15 is 4.39 Å². The predicted molar refractivity (Wildman–Crippen MR) is 226 cm³/mol. The minimum Gasteiger partial charge on any atom is -0.469 e. The van der Waals surface area contributed by atoms with Crippen LogP contribution in [0.3, 0.4) is 0 Å². The van der Waals surface area contributed by atoms with Gasteiger partial charge in [-0.25, -0.2) is 4.39 Å². The summed E-state index contributed by atoms with van der Waals surface area (Å²) in [5, 5.41) is 0.0937. The molecular formula is C43H81FO5Si3. The van der Waals surface area contributed by atoms with Crippen molar-refractivity contribution in [1.29, 1.82) is 0 Å². The standard InChI is InChI=1S/C43H81FO5Si3/c1-17-21-22-32(5)29-35(47-50(13,14)42(6,7)8)26-27-36-38(48-51(15,16)43(9,10)11)31-39(49-52(18-2,19-3)20-4)40(36)37(44)28-24-33-23-25-34(30-33)41(45)46-12/h26-27,32-40H,17-23,25,29-31H2,1-16H3/b27-26+/t32-,33+,34+,35+,36-,37-,38+,39-,40-/m0/s1. The first-order valence-corrected chi connectivity index (χ1v) is 29.3. The van der Waals surface area contributed by atoms with Crippen LogP contribution in [-0.2, 0) is 22.8 Å². The van der Waals surface area contributed by atoms with Crippen LogP contribution in [0.5, 0.6) is 0 Å². The van der Waals surface area contributed by atoms with Crippen LogP contribution in [0.4, 0.5) is 4.39 Å². The Balaban J connectivity index is 2.69. The van der Waals surface area contributed by atoms with Gasteiger partial charge in [-0.05, 0) is 92.4 Å². The zero-order valence-corrected chi connectivity index (χ0v) is 39.5. The molecule has 0 amide bonds. The number of halogens is 1. The lowest BCUT2D eigenvalue weighted by Gasteiger charge is -2.40. The summed E-state index contributed by atoms with van der Waals surface area (Å²) in [5.74, 6) is 5.99. The summed E-state index contributed by atoms with van der Waals surface area (Å²) in [6, 6.07) is 3.03. The van der Waals surface area contributed by atoms with Gasteiger partial charge in [0.25, 0.3) is 0 Å². The molecule has 0 bridgehead atoms. The van der Waals surface area contributed by atoms with Crippen LogP contribution in [-0.4, -0.2) is 62.5 Å². The molecule has 9 heteroatoms. The molecule has 2 saturated carbocycles. The van der Waals surface area contributed by atoms with Gasteiger partial charge >= 0.3 is 5.97 Å². The number of alkyl halides is 1. The van der Waals surface area contributed by atoms with Crippen LogP contribution >= 0.6 is 0 Å². The molecule has 0 aromatic rings. The molecule has 2 aliphatic carbocycles. The van der Waals surface area contributed by atoms with Gasteiger partial charge in [-0.15, -0.1) is 0 Å². The maximum Gasteiger partial charge on any atom is 0.308 e. The van der Waals surface area contributed by atoms with E-state index in [-0.39, 0.29) is 52.1 Å². The van der Waals surface area contributed by atoms with Crippen molar-refractivity contribution in [2.45, 2.75) is 206 Å². The topological polar surface area (TPSA) is 54.0 Å². The van der Waals surface area contributed by atoms with Gasteiger partial charge < -0.3 is 18.0 Å². The molecule has 52 heavy (non-hydrogen) atoms. The molecule has 302 valence electrons. The summed E-state index contributed by atoms with van der Waals surface area (Å²) in [5.41, 5.74) is 0. The number of ether oxygens (including phenoxy) is 1. The Labute approximate surface area is 324 Å². The minimum absolute atomic E-state index is 0.00115. The first kappa shape index (κ1) is 47.4. The van der Waals surface area contributed by atoms with E-state index in [9.17, 15) is 4.79 Å². The quantitative estimate of drug-likeness (QED) is 0.0600. The smallest absolute Gasteiger partial charge is 0.308 e. The molecule has 0 aromatic carbocycles. The van der Waals surface area contributed by atoms with Crippen molar-refractivity contribution >= 4 is 30.9 Å². The lowest BCUT2D eigenvalue weighted by atomic mass is 9.88. The van der Waals surface area contributed by atoms with Crippen LogP contribution in [0, 0.1) is 41.4 Å². The molecule has 2 rings (SSSR count). The molecule has 0 aromatic heterocycles. The average Bonchev–Trinajstić information content (AvgIpc) is 3.66. The van der Waals surface area contributed by atoms with Gasteiger partial charge in [-0.1, -0.05) is 119 Å². The van der Waals surface area contributed by atoms with Crippen molar-refractivity contribution in [3.05, 3.63) is 12.2 Å². The molecular weight excluding hydrogens is 700 g/mol. The van der Waals surface area contributed by atoms with Crippen molar-refractivity contribution in [3.63, 3.8) is 0 Å². The second-order valence-corrected chi connectivity index (χ2v) is 33.6. The molecule has 9 atom stereocenters. The Morgan fingerprint density at radius 1 is 0.885 bits per heavy atom. The monoisotopic (exact) mass is 781 g/mol. The molecule has 0 spiro atoms. The number of unbranched alkanes of at least 4 members (excludes halogenated alkanes) is 1. The summed E-state index contributed by atoms with van der Waals surface area (Å²) in [6.45, 7) is 34.4. The molecule has 2 aliphatic rings. The molecule has 0 radical (unpaired) electrons. The van der Waals surface area contributed by atoms with Crippen LogP contribution < -0.4 is 0 Å². The van der Waals surface area contributed by atoms with E-state index in [0.717, 1.165) is 37.4 Å². The third-order valence-electron chi connectivity index (χ3n) is 13.6. The van der Waals surface area contributed by atoms with E-state index in [1.807, 2.05) is 0 Å². The largest absolute Gasteiger partial charge is 0.469 e. The first-order valence-electron chi connectivity index (χ1n) is 20.9. The molecule has 0 heterocycles. The highest BCUT2D eigenvalue weighted by atomic mass is 28.4. The normalized spacial score (nSPS) is 26.6. The lowest BCUT2D eigenvalue weighted by Crippen LogP contribution is -2.45. The summed E-state index contributed by atoms with van der Waals surface area (Å²) in [7, 11) is -4.95. The van der Waals surface area contributed by atoms with E-state index in [0.29, 0.717) is 18.8 Å². The van der Waals surface area contributed by atoms with E-state index in [1.54, 1.807) is 0 Å². The number of rotatable bonds is 18. The fourth-order valence-corrected chi connectivity index (χ4v) is 13.2. The first-order chi connectivity index (χ1) is 24.0. The Morgan fingerprint density at radius 2 is 1.48 bits per heavy atom. The maximum absolute atomic E-state index is 17.2. The second-order valence-electron chi connectivity index (χ2n) is 19.4. The highest BCUT2D eigenvalue weighted by Gasteiger charge is 2.52. The van der Waals surface area contributed by atoms with Gasteiger partial charge in [0.2, 0.25) is 0 Å². The summed E-state index contributed by atoms with van der Waals surface area (Å²) >= 11 is 0. The third kappa shape index (κ3) is 12.9. The van der Waals surface area contributed by atoms with Crippen molar-refractivity contribution < 1.29 is 27.2 Å². The van der Waals surface area contributed by atoms with E-state index in [4.69, 9.17) is 18.0 Å². The van der Waals surface area contributed by atoms with Gasteiger partial charge in [-0.3, -0.25) is 4.79 Å². The zero-order valence-electron chi connectivity index (χ0n) is 36.5. The van der Waals surface area contributed by atoms with Gasteiger partial charge in [-0.2, -0.15) is 0 Å². The fraction of sp³-hybridized carbons (Fsp3) is 0.884. The number of methoxy groups -OCH3 is 1. The van der Waals surface area contributed by atoms with Gasteiger partial charge in [0, 0.05) is 17.8 Å². The number of hydrogen-bond acceptors (Lipinski definition) is 5. The van der Waals surface area contributed by atoms with Crippen molar-refractivity contribution in [2.24, 2.45) is 29.6 Å². The average molecular weight is 781 g/mol. The Kier molecular flexibility index (Phi) is 18.1. The molecule has 0 N–H and O–H groups in total. The summed E-state index contributed by atoms with van der Waals surface area (Å²) in [6.07, 6.45) is 10.1. The summed E-state index contributed by atoms with van der Waals surface area (Å²) in [4.78, 5) is 12.2. The minimum atomic E-state index is -2.22. The summed E-state index contributed by atoms with van der Waals surface area (Å²) < 4.78 is 43.9. The van der Waals surface area contributed by atoms with Crippen molar-refractivity contribution in [1.82, 2.24) is 0 Å². The Hall–Kier alpha value is -0.769. The zero-order chi connectivity index (χ0) is 39.7. The molecule has 5 nitrogen and oxygen atoms in total. The third-order valence-corrected chi connectivity index (χ3v) is 27.2. The molecule has 0 saturated heterocycles. The maximum atomic E-state index is 17.2. The van der Waals surface area contributed by atoms with Crippen LogP contribution in [0.25, 0.3) is 0 Å². The van der Waals surface area contributed by atoms with Crippen molar-refractivity contribution in [3.8, 4) is 11.8 Å². The van der Waals surface area contributed by atoms with Crippen LogP contribution in [0.1, 0.15) is 128 Å². The Morgan fingerprint density at radius 3 is 2.00 bits per heavy atom. The van der Waals surface area contributed by atoms with Gasteiger partial charge in [0.05, 0.1) is 31.3 Å². The number of esters is 1. The van der Waals surface area contributed by atoms with Gasteiger partial charge in [0.15, 0.2) is 31.1 Å². The van der Waals surface area contributed by atoms with Crippen LogP contribution in [0.15, 0.2) is 12.2 Å². The highest BCUT2D eigenvalue weighted by molar-refractivity contribution is 6.74. The van der Waals surface area contributed by atoms with E-state index in [1.165, 1.54) is 26.4 Å². The van der Waals surface area contributed by atoms with Gasteiger partial charge in [0.1, 0.15) is 0 Å². The van der Waals surface area contributed by atoms with E-state index < -0.39 is 37.0 Å². The number of hydrogen-bond donors (Lipinski definition) is 0. The lowest BCUT2D eigenvalue weighted by molar-refractivity contribution is -0.145. The highest BCUT2D eigenvalue weighted by Crippen LogP contribution is 2.47. The molecule has 0 aliphatic heterocycles. The number of carbonyl (C=O) groups excluding carboxylic acids is 1. The van der Waals surface area contributed by atoms with Crippen LogP contribution in [0.2, 0.25) is 54.4 Å². The molecule has 0 unspecified atom stereocenters.